The molecule has 3 aliphatic rings. The molecule has 0 aromatic heterocycles. The van der Waals surface area contributed by atoms with Gasteiger partial charge >= 0.3 is 0 Å². The Hall–Kier alpha value is -0.810. The molecule has 1 N–H and O–H groups in total. The van der Waals surface area contributed by atoms with Crippen molar-refractivity contribution in [3.63, 3.8) is 0 Å². The normalized spacial score (nSPS) is 26.4. The molecule has 1 unspecified atom stereocenters. The van der Waals surface area contributed by atoms with Crippen LogP contribution in [-0.4, -0.2) is 74.8 Å². The van der Waals surface area contributed by atoms with Crippen LogP contribution in [0.25, 0.3) is 0 Å². The number of hydrogen-bond donors (Lipinski definition) is 1. The summed E-state index contributed by atoms with van der Waals surface area (Å²) in [5.41, 5.74) is 0.581. The van der Waals surface area contributed by atoms with Gasteiger partial charge in [-0.15, -0.1) is 0 Å². The molecule has 0 aromatic carbocycles. The van der Waals surface area contributed by atoms with E-state index in [9.17, 15) is 0 Å². The van der Waals surface area contributed by atoms with E-state index < -0.39 is 0 Å². The first kappa shape index (κ1) is 19.0. The molecule has 3 fully saturated rings. The smallest absolute Gasteiger partial charge is 0.193 e. The zero-order chi connectivity index (χ0) is 17.7. The predicted octanol–water partition coefficient (Wildman–Crippen LogP) is 2.57. The highest BCUT2D eigenvalue weighted by Crippen LogP contribution is 2.43. The van der Waals surface area contributed by atoms with Gasteiger partial charge in [0.2, 0.25) is 0 Å². The zero-order valence-electron chi connectivity index (χ0n) is 16.6. The molecule has 2 saturated heterocycles. The fourth-order valence-electron chi connectivity index (χ4n) is 5.05. The van der Waals surface area contributed by atoms with Crippen molar-refractivity contribution in [2.45, 2.75) is 58.4 Å². The first-order chi connectivity index (χ1) is 12.1. The zero-order valence-corrected chi connectivity index (χ0v) is 16.6. The predicted molar refractivity (Wildman–Crippen MR) is 104 cm³/mol. The molecule has 1 aliphatic carbocycles. The fourth-order valence-corrected chi connectivity index (χ4v) is 5.05. The van der Waals surface area contributed by atoms with E-state index in [-0.39, 0.29) is 0 Å². The Labute approximate surface area is 154 Å². The molecule has 1 spiro atoms. The number of morpholine rings is 1. The molecule has 5 heteroatoms. The highest BCUT2D eigenvalue weighted by Gasteiger charge is 2.39. The Morgan fingerprint density at radius 1 is 1.08 bits per heavy atom. The van der Waals surface area contributed by atoms with Crippen molar-refractivity contribution in [2.24, 2.45) is 16.3 Å². The summed E-state index contributed by atoms with van der Waals surface area (Å²) in [6.45, 7) is 11.9. The van der Waals surface area contributed by atoms with Crippen LogP contribution < -0.4 is 5.32 Å². The summed E-state index contributed by atoms with van der Waals surface area (Å²) >= 11 is 0. The van der Waals surface area contributed by atoms with Crippen LogP contribution >= 0.6 is 0 Å². The second kappa shape index (κ2) is 8.72. The van der Waals surface area contributed by atoms with Gasteiger partial charge in [0.1, 0.15) is 0 Å². The average molecular weight is 351 g/mol. The van der Waals surface area contributed by atoms with Gasteiger partial charge in [-0.1, -0.05) is 33.1 Å². The van der Waals surface area contributed by atoms with E-state index in [1.54, 1.807) is 0 Å². The topological polar surface area (TPSA) is 40.1 Å². The Kier molecular flexibility index (Phi) is 6.61. The maximum absolute atomic E-state index is 5.53. The van der Waals surface area contributed by atoms with E-state index in [2.05, 4.69) is 34.0 Å². The molecule has 5 nitrogen and oxygen atoms in total. The van der Waals surface area contributed by atoms with Gasteiger partial charge in [0.25, 0.3) is 0 Å². The van der Waals surface area contributed by atoms with Crippen molar-refractivity contribution in [1.82, 2.24) is 15.1 Å². The van der Waals surface area contributed by atoms with Crippen LogP contribution in [0.4, 0.5) is 0 Å². The van der Waals surface area contributed by atoms with Crippen molar-refractivity contribution in [2.75, 3.05) is 53.0 Å². The number of likely N-dealkylation sites (tertiary alicyclic amines) is 1. The maximum Gasteiger partial charge on any atom is 0.193 e. The molecule has 0 amide bonds. The second-order valence-corrected chi connectivity index (χ2v) is 8.62. The van der Waals surface area contributed by atoms with E-state index in [0.29, 0.717) is 17.4 Å². The number of rotatable bonds is 4. The molecule has 0 bridgehead atoms. The largest absolute Gasteiger partial charge is 0.379 e. The number of hydrogen-bond acceptors (Lipinski definition) is 3. The number of nitrogens with one attached hydrogen (secondary N) is 1. The molecule has 0 radical (unpaired) electrons. The third-order valence-corrected chi connectivity index (χ3v) is 6.62. The van der Waals surface area contributed by atoms with Crippen LogP contribution in [-0.2, 0) is 4.74 Å². The van der Waals surface area contributed by atoms with Gasteiger partial charge in [-0.25, -0.2) is 0 Å². The van der Waals surface area contributed by atoms with Crippen molar-refractivity contribution in [3.8, 4) is 0 Å². The van der Waals surface area contributed by atoms with Crippen molar-refractivity contribution >= 4 is 5.96 Å². The number of guanidine groups is 1. The number of aliphatic imine (C=N–C) groups is 1. The lowest BCUT2D eigenvalue weighted by molar-refractivity contribution is 0.00740. The van der Waals surface area contributed by atoms with Gasteiger partial charge in [-0.3, -0.25) is 9.89 Å². The van der Waals surface area contributed by atoms with Crippen LogP contribution in [0.1, 0.15) is 52.4 Å². The third kappa shape index (κ3) is 4.68. The lowest BCUT2D eigenvalue weighted by atomic mass is 9.73. The summed E-state index contributed by atoms with van der Waals surface area (Å²) in [5, 5.41) is 3.71. The number of ether oxygens (including phenoxy) is 1. The van der Waals surface area contributed by atoms with Gasteiger partial charge in [0, 0.05) is 45.8 Å². The highest BCUT2D eigenvalue weighted by atomic mass is 16.5. The van der Waals surface area contributed by atoms with E-state index in [1.807, 2.05) is 7.05 Å². The van der Waals surface area contributed by atoms with Crippen LogP contribution in [0.3, 0.4) is 0 Å². The lowest BCUT2D eigenvalue weighted by Crippen LogP contribution is -2.53. The third-order valence-electron chi connectivity index (χ3n) is 6.62. The van der Waals surface area contributed by atoms with Crippen LogP contribution in [0.5, 0.6) is 0 Å². The molecule has 25 heavy (non-hydrogen) atoms. The minimum atomic E-state index is 0.548. The second-order valence-electron chi connectivity index (χ2n) is 8.62. The van der Waals surface area contributed by atoms with E-state index in [4.69, 9.17) is 4.74 Å². The molecular formula is C20H38N4O. The van der Waals surface area contributed by atoms with Gasteiger partial charge in [0.05, 0.1) is 13.2 Å². The Morgan fingerprint density at radius 2 is 1.80 bits per heavy atom. The minimum Gasteiger partial charge on any atom is -0.379 e. The Morgan fingerprint density at radius 3 is 2.44 bits per heavy atom. The lowest BCUT2D eigenvalue weighted by Gasteiger charge is -2.38. The molecule has 144 valence electrons. The summed E-state index contributed by atoms with van der Waals surface area (Å²) in [4.78, 5) is 9.71. The van der Waals surface area contributed by atoms with Crippen LogP contribution in [0.2, 0.25) is 0 Å². The van der Waals surface area contributed by atoms with Crippen LogP contribution in [0, 0.1) is 11.3 Å². The van der Waals surface area contributed by atoms with Crippen molar-refractivity contribution < 1.29 is 4.74 Å². The molecule has 3 rings (SSSR count). The van der Waals surface area contributed by atoms with E-state index in [1.165, 1.54) is 51.6 Å². The average Bonchev–Trinajstić information content (AvgIpc) is 3.03. The molecule has 0 aromatic rings. The molecule has 1 atom stereocenters. The number of nitrogens with zero attached hydrogens (tertiary/aromatic N) is 3. The quantitative estimate of drug-likeness (QED) is 0.625. The van der Waals surface area contributed by atoms with Crippen molar-refractivity contribution in [1.29, 1.82) is 0 Å². The Bertz CT molecular complexity index is 439. The minimum absolute atomic E-state index is 0.548. The molecule has 1 saturated carbocycles. The van der Waals surface area contributed by atoms with E-state index >= 15 is 0 Å². The summed E-state index contributed by atoms with van der Waals surface area (Å²) in [7, 11) is 1.94. The van der Waals surface area contributed by atoms with E-state index in [0.717, 1.165) is 38.8 Å². The summed E-state index contributed by atoms with van der Waals surface area (Å²) in [6.07, 6.45) is 8.47. The molecule has 2 heterocycles. The fraction of sp³-hybridized carbons (Fsp3) is 0.950. The standard InChI is InChI=1S/C20H38N4O/c1-17(2)18(23-11-13-25-14-12-23)15-22-19(21-3)24-10-9-20(16-24)7-5-4-6-8-20/h17-18H,4-16H2,1-3H3,(H,21,22). The van der Waals surface area contributed by atoms with Gasteiger partial charge in [-0.05, 0) is 30.6 Å². The van der Waals surface area contributed by atoms with Gasteiger partial charge < -0.3 is 15.0 Å². The monoisotopic (exact) mass is 350 g/mol. The summed E-state index contributed by atoms with van der Waals surface area (Å²) in [5.74, 6) is 1.74. The Balaban J connectivity index is 1.54. The summed E-state index contributed by atoms with van der Waals surface area (Å²) in [6, 6.07) is 0.548. The first-order valence-corrected chi connectivity index (χ1v) is 10.4. The first-order valence-electron chi connectivity index (χ1n) is 10.4. The molecule has 2 aliphatic heterocycles. The molecular weight excluding hydrogens is 312 g/mol. The summed E-state index contributed by atoms with van der Waals surface area (Å²) < 4.78 is 5.53. The SMILES string of the molecule is CN=C(NCC(C(C)C)N1CCOCC1)N1CCC2(CCCCC2)C1. The van der Waals surface area contributed by atoms with Gasteiger partial charge in [-0.2, -0.15) is 0 Å². The highest BCUT2D eigenvalue weighted by molar-refractivity contribution is 5.80. The van der Waals surface area contributed by atoms with Crippen molar-refractivity contribution in [3.05, 3.63) is 0 Å². The maximum atomic E-state index is 5.53. The van der Waals surface area contributed by atoms with Crippen LogP contribution in [0.15, 0.2) is 4.99 Å². The van der Waals surface area contributed by atoms with Gasteiger partial charge in [0.15, 0.2) is 5.96 Å².